The lowest BCUT2D eigenvalue weighted by molar-refractivity contribution is 0.0694. The predicted molar refractivity (Wildman–Crippen MR) is 328 cm³/mol. The number of rotatable bonds is 20. The number of ketones is 1. The van der Waals surface area contributed by atoms with Crippen molar-refractivity contribution in [2.45, 2.75) is 33.2 Å². The smallest absolute Gasteiger partial charge is 0.337 e. The van der Waals surface area contributed by atoms with Gasteiger partial charge in [0.15, 0.2) is 11.4 Å². The van der Waals surface area contributed by atoms with E-state index in [1.165, 1.54) is 55.7 Å². The molecule has 26 heteroatoms. The Balaban J connectivity index is 0.000000179. The summed E-state index contributed by atoms with van der Waals surface area (Å²) in [6.45, 7) is 2.60. The van der Waals surface area contributed by atoms with Crippen LogP contribution < -0.4 is 50.1 Å². The Kier molecular flexibility index (Phi) is 23.5. The summed E-state index contributed by atoms with van der Waals surface area (Å²) < 4.78 is 38.0. The monoisotopic (exact) mass is 1220 g/mol. The fraction of sp³-hybridized carbons (Fsp3) is 0.156. The Morgan fingerprint density at radius 2 is 0.967 bits per heavy atom. The van der Waals surface area contributed by atoms with Crippen LogP contribution in [0.25, 0.3) is 22.6 Å². The number of hydrogen-bond acceptors (Lipinski definition) is 22. The molecule has 0 bridgehead atoms. The van der Waals surface area contributed by atoms with E-state index in [1.807, 2.05) is 30.3 Å². The number of aromatic carboxylic acids is 1. The number of anilines is 2. The van der Waals surface area contributed by atoms with Gasteiger partial charge in [-0.05, 0) is 109 Å². The fourth-order valence-corrected chi connectivity index (χ4v) is 7.41. The van der Waals surface area contributed by atoms with Gasteiger partial charge in [0.1, 0.15) is 88.4 Å². The third-order valence-corrected chi connectivity index (χ3v) is 12.4. The topological polar surface area (TPSA) is 367 Å². The molecule has 0 aliphatic carbocycles. The number of carbonyl (C=O) groups is 5. The third-order valence-electron chi connectivity index (χ3n) is 12.4. The van der Waals surface area contributed by atoms with E-state index in [4.69, 9.17) is 43.7 Å². The van der Waals surface area contributed by atoms with Crippen molar-refractivity contribution in [3.63, 3.8) is 0 Å². The number of aromatic hydroxyl groups is 2. The number of Topliss-reactive ketones (excluding diaryl/α,β-unsaturated/α-hetero) is 1. The highest BCUT2D eigenvalue weighted by atomic mass is 16.5. The number of benzene rings is 3. The average molecular weight is 1220 g/mol. The average Bonchev–Trinajstić information content (AvgIpc) is 2.07. The highest BCUT2D eigenvalue weighted by Crippen LogP contribution is 2.31. The summed E-state index contributed by atoms with van der Waals surface area (Å²) in [5.74, 6) is 1.88. The van der Waals surface area contributed by atoms with Crippen LogP contribution in [0.15, 0.2) is 169 Å². The molecule has 0 unspecified atom stereocenters. The van der Waals surface area contributed by atoms with Gasteiger partial charge in [-0.15, -0.1) is 0 Å². The first-order chi connectivity index (χ1) is 43.5. The Morgan fingerprint density at radius 3 is 1.41 bits per heavy atom. The largest absolute Gasteiger partial charge is 0.506 e. The molecule has 10 aromatic rings. The van der Waals surface area contributed by atoms with Gasteiger partial charge >= 0.3 is 5.97 Å². The van der Waals surface area contributed by atoms with Gasteiger partial charge in [0.05, 0.1) is 85.1 Å². The second-order valence-electron chi connectivity index (χ2n) is 18.5. The molecule has 26 nitrogen and oxygen atoms in total. The molecule has 3 aromatic carbocycles. The van der Waals surface area contributed by atoms with E-state index in [2.05, 4.69) is 50.8 Å². The van der Waals surface area contributed by atoms with E-state index in [0.717, 1.165) is 17.6 Å². The Morgan fingerprint density at radius 1 is 0.500 bits per heavy atom. The van der Waals surface area contributed by atoms with Gasteiger partial charge < -0.3 is 69.8 Å². The molecular weight excluding hydrogens is 1160 g/mol. The lowest BCUT2D eigenvalue weighted by Crippen LogP contribution is -2.19. The second kappa shape index (κ2) is 32.3. The first-order valence-corrected chi connectivity index (χ1v) is 27.1. The normalized spacial score (nSPS) is 10.2. The summed E-state index contributed by atoms with van der Waals surface area (Å²) in [4.78, 5) is 86.1. The molecule has 0 aliphatic rings. The zero-order chi connectivity index (χ0) is 64.5. The summed E-state index contributed by atoms with van der Waals surface area (Å²) in [6.07, 6.45) is 9.23. The number of oxazole rings is 1. The van der Waals surface area contributed by atoms with Crippen molar-refractivity contribution in [2.75, 3.05) is 46.5 Å². The van der Waals surface area contributed by atoms with Crippen LogP contribution in [0.1, 0.15) is 82.6 Å². The minimum atomic E-state index is -1.06. The minimum absolute atomic E-state index is 0.0462. The van der Waals surface area contributed by atoms with Gasteiger partial charge in [0, 0.05) is 57.3 Å². The molecule has 90 heavy (non-hydrogen) atoms. The number of nitrogen functional groups attached to an aromatic ring is 1. The van der Waals surface area contributed by atoms with Gasteiger partial charge in [-0.1, -0.05) is 6.92 Å². The maximum absolute atomic E-state index is 12.5. The molecule has 462 valence electrons. The van der Waals surface area contributed by atoms with E-state index in [9.17, 15) is 34.2 Å². The van der Waals surface area contributed by atoms with Gasteiger partial charge in [0.2, 0.25) is 5.89 Å². The second-order valence-corrected chi connectivity index (χ2v) is 18.5. The van der Waals surface area contributed by atoms with E-state index >= 15 is 0 Å². The Bertz CT molecular complexity index is 4020. The van der Waals surface area contributed by atoms with Crippen LogP contribution in [-0.2, 0) is 19.8 Å². The Labute approximate surface area is 514 Å². The van der Waals surface area contributed by atoms with Crippen molar-refractivity contribution in [3.8, 4) is 57.5 Å². The third kappa shape index (κ3) is 18.9. The molecule has 0 atom stereocenters. The summed E-state index contributed by atoms with van der Waals surface area (Å²) in [5.41, 5.74) is 11.4. The number of amides is 3. The first-order valence-electron chi connectivity index (χ1n) is 27.1. The summed E-state index contributed by atoms with van der Waals surface area (Å²) in [6, 6.07) is 34.6. The van der Waals surface area contributed by atoms with E-state index in [1.54, 1.807) is 115 Å². The van der Waals surface area contributed by atoms with Crippen molar-refractivity contribution in [1.82, 2.24) is 45.5 Å². The van der Waals surface area contributed by atoms with Crippen LogP contribution in [0.4, 0.5) is 11.4 Å². The Hall–Kier alpha value is -12.2. The molecule has 0 saturated carbocycles. The van der Waals surface area contributed by atoms with Crippen molar-refractivity contribution in [2.24, 2.45) is 0 Å². The number of aromatic nitrogens is 7. The molecule has 10 rings (SSSR count). The van der Waals surface area contributed by atoms with Crippen LogP contribution in [-0.4, -0.2) is 115 Å². The fourth-order valence-electron chi connectivity index (χ4n) is 7.41. The number of nitrogens with zero attached hydrogens (tertiary/aromatic N) is 7. The van der Waals surface area contributed by atoms with E-state index < -0.39 is 11.9 Å². The molecular formula is C64H61N11O15. The molecule has 0 spiro atoms. The number of fused-ring (bicyclic) bond motifs is 1. The molecule has 7 aromatic heterocycles. The number of nitrogens with one attached hydrogen (secondary N) is 3. The number of pyridine rings is 6. The zero-order valence-corrected chi connectivity index (χ0v) is 49.4. The lowest BCUT2D eigenvalue weighted by Gasteiger charge is -2.11. The number of carbonyl (C=O) groups excluding carboxylic acids is 4. The number of phenolic OH excluding ortho intramolecular Hbond substituents is 2. The molecule has 0 aliphatic heterocycles. The van der Waals surface area contributed by atoms with Crippen molar-refractivity contribution >= 4 is 51.9 Å². The maximum atomic E-state index is 12.5. The number of carboxylic acids is 1. The van der Waals surface area contributed by atoms with Crippen LogP contribution >= 0.6 is 0 Å². The SMILES string of the molecule is CCC(=O)c1ccc(C(=O)Nc2cc(OCc3ccc(OC)cn3)ccc2O)cn1.CNC(=O)c1ccc(-c2nc3cc(OCc4ccc(OC)cn4)ccc3o2)cn1.CNC(=O)c1ccc(C(=O)O)cn1.COc1ccc(COc2ccc(O)c(N)c2)nc1. The molecule has 7 heterocycles. The number of hydrogen-bond donors (Lipinski definition) is 7. The molecule has 0 fully saturated rings. The number of carboxylic acid groups (broad SMARTS) is 1. The van der Waals surface area contributed by atoms with Crippen molar-refractivity contribution in [1.29, 1.82) is 0 Å². The molecule has 8 N–H and O–H groups in total. The summed E-state index contributed by atoms with van der Waals surface area (Å²) in [7, 11) is 7.79. The maximum Gasteiger partial charge on any atom is 0.337 e. The van der Waals surface area contributed by atoms with Gasteiger partial charge in [-0.25, -0.2) is 9.78 Å². The first kappa shape index (κ1) is 65.3. The minimum Gasteiger partial charge on any atom is -0.506 e. The van der Waals surface area contributed by atoms with Crippen LogP contribution in [0.2, 0.25) is 0 Å². The molecule has 0 radical (unpaired) electrons. The van der Waals surface area contributed by atoms with Gasteiger partial charge in [-0.2, -0.15) is 0 Å². The molecule has 3 amide bonds. The van der Waals surface area contributed by atoms with Crippen molar-refractivity contribution < 1.29 is 72.1 Å². The lowest BCUT2D eigenvalue weighted by atomic mass is 10.1. The number of nitrogens with two attached hydrogens (primary N) is 1. The molecule has 0 saturated heterocycles. The quantitative estimate of drug-likeness (QED) is 0.0212. The van der Waals surface area contributed by atoms with Crippen LogP contribution in [0.5, 0.6) is 46.0 Å². The highest BCUT2D eigenvalue weighted by molar-refractivity contribution is 6.05. The summed E-state index contributed by atoms with van der Waals surface area (Å²) in [5, 5.41) is 35.4. The van der Waals surface area contributed by atoms with Gasteiger partial charge in [-0.3, -0.25) is 49.1 Å². The standard InChI is InChI=1S/C22H21N3O5.C21H18N4O4.C13H14N2O3.C8H8N2O3/c1-3-20(26)18-8-4-14(11-24-18)22(28)25-19-10-16(7-9-21(19)27)30-13-15-5-6-17(29-2)12-23-15;1-22-20(26)17-7-3-13(10-24-17)21-25-18-9-15(6-8-19(18)29-21)28-12-14-4-5-16(27-2)11-23-14;1-17-11-3-2-9(15-7-11)8-18-10-4-5-13(16)12(14)6-10;1-9-7(11)6-3-2-5(4-10-6)8(12)13/h4-12,27H,3,13H2,1-2H3,(H,25,28);3-11H,12H2,1-2H3,(H,22,26);2-7,16H,8,14H2,1H3;2-4H,1H3,(H,9,11)(H,12,13). The van der Waals surface area contributed by atoms with Gasteiger partial charge in [0.25, 0.3) is 17.7 Å². The number of methoxy groups -OCH3 is 3. The van der Waals surface area contributed by atoms with E-state index in [-0.39, 0.29) is 63.9 Å². The highest BCUT2D eigenvalue weighted by Gasteiger charge is 2.15. The van der Waals surface area contributed by atoms with Crippen molar-refractivity contribution in [3.05, 3.63) is 210 Å². The summed E-state index contributed by atoms with van der Waals surface area (Å²) >= 11 is 0. The zero-order valence-electron chi connectivity index (χ0n) is 49.4. The van der Waals surface area contributed by atoms with Crippen LogP contribution in [0.3, 0.4) is 0 Å². The predicted octanol–water partition coefficient (Wildman–Crippen LogP) is 8.94. The number of phenols is 2. The van der Waals surface area contributed by atoms with E-state index in [0.29, 0.717) is 93.8 Å². The van der Waals surface area contributed by atoms with Crippen LogP contribution in [0, 0.1) is 0 Å². The number of ether oxygens (including phenoxy) is 6.